The van der Waals surface area contributed by atoms with Crippen LogP contribution in [0.4, 0.5) is 0 Å². The van der Waals surface area contributed by atoms with E-state index in [1.54, 1.807) is 0 Å². The van der Waals surface area contributed by atoms with E-state index in [0.29, 0.717) is 0 Å². The van der Waals surface area contributed by atoms with E-state index in [1.165, 1.54) is 0 Å². The molecule has 0 rings (SSSR count). The maximum Gasteiger partial charge on any atom is 0.311 e. The molecule has 0 aliphatic heterocycles. The van der Waals surface area contributed by atoms with Crippen LogP contribution in [0, 0.1) is 0 Å². The molecule has 0 N–H and O–H groups in total. The fourth-order valence-electron chi connectivity index (χ4n) is 2.12. The molecule has 0 saturated carbocycles. The third-order valence-electron chi connectivity index (χ3n) is 2.37. The van der Waals surface area contributed by atoms with Gasteiger partial charge in [-0.25, -0.2) is 0 Å². The van der Waals surface area contributed by atoms with Gasteiger partial charge in [0, 0.05) is 5.54 Å². The van der Waals surface area contributed by atoms with Gasteiger partial charge in [-0.3, -0.25) is 0 Å². The molecule has 0 atom stereocenters. The number of rotatable bonds is 7. The standard InChI is InChI=1S/C12H28O2Si3/c1-10-12(11-2)16(6,7)14-17(8,9)13-15(3,4)5/h10-12H,1-2H2,3-9H3. The highest BCUT2D eigenvalue weighted by Gasteiger charge is 2.40. The monoisotopic (exact) mass is 288 g/mol. The highest BCUT2D eigenvalue weighted by molar-refractivity contribution is 6.88. The van der Waals surface area contributed by atoms with Crippen LogP contribution in [0.1, 0.15) is 0 Å². The van der Waals surface area contributed by atoms with E-state index in [0.717, 1.165) is 0 Å². The lowest BCUT2D eigenvalue weighted by atomic mass is 10.4. The van der Waals surface area contributed by atoms with Crippen LogP contribution in [0.2, 0.25) is 51.4 Å². The molecule has 0 amide bonds. The van der Waals surface area contributed by atoms with Crippen molar-refractivity contribution in [1.82, 2.24) is 0 Å². The Morgan fingerprint density at radius 1 is 0.824 bits per heavy atom. The maximum absolute atomic E-state index is 6.39. The zero-order valence-electron chi connectivity index (χ0n) is 12.5. The minimum Gasteiger partial charge on any atom is -0.437 e. The van der Waals surface area contributed by atoms with Crippen molar-refractivity contribution >= 4 is 25.2 Å². The Labute approximate surface area is 110 Å². The lowest BCUT2D eigenvalue weighted by Crippen LogP contribution is -2.52. The largest absolute Gasteiger partial charge is 0.437 e. The van der Waals surface area contributed by atoms with Gasteiger partial charge in [0.1, 0.15) is 0 Å². The second kappa shape index (κ2) is 5.79. The van der Waals surface area contributed by atoms with Crippen LogP contribution in [0.25, 0.3) is 0 Å². The van der Waals surface area contributed by atoms with Gasteiger partial charge in [-0.05, 0) is 45.8 Å². The predicted molar refractivity (Wildman–Crippen MR) is 84.6 cm³/mol. The SMILES string of the molecule is C=CC(C=C)[Si](C)(C)O[Si](C)(C)O[Si](C)(C)C. The van der Waals surface area contributed by atoms with Crippen LogP contribution in [0.5, 0.6) is 0 Å². The van der Waals surface area contributed by atoms with Crippen LogP contribution in [-0.4, -0.2) is 25.2 Å². The van der Waals surface area contributed by atoms with E-state index < -0.39 is 25.2 Å². The van der Waals surface area contributed by atoms with E-state index in [4.69, 9.17) is 8.23 Å². The third kappa shape index (κ3) is 6.52. The molecule has 0 aromatic heterocycles. The summed E-state index contributed by atoms with van der Waals surface area (Å²) >= 11 is 0. The summed E-state index contributed by atoms with van der Waals surface area (Å²) in [5.41, 5.74) is 0.277. The lowest BCUT2D eigenvalue weighted by molar-refractivity contribution is 0.391. The van der Waals surface area contributed by atoms with E-state index in [-0.39, 0.29) is 5.54 Å². The van der Waals surface area contributed by atoms with Gasteiger partial charge in [0.15, 0.2) is 16.6 Å². The summed E-state index contributed by atoms with van der Waals surface area (Å²) in [6, 6.07) is 0. The molecule has 17 heavy (non-hydrogen) atoms. The Bertz CT molecular complexity index is 272. The highest BCUT2D eigenvalue weighted by Crippen LogP contribution is 2.29. The average molecular weight is 289 g/mol. The van der Waals surface area contributed by atoms with E-state index >= 15 is 0 Å². The summed E-state index contributed by atoms with van der Waals surface area (Å²) in [5.74, 6) is 0. The van der Waals surface area contributed by atoms with Gasteiger partial charge in [-0.1, -0.05) is 12.2 Å². The molecule has 0 aromatic rings. The molecule has 0 aromatic carbocycles. The molecule has 100 valence electrons. The van der Waals surface area contributed by atoms with Crippen molar-refractivity contribution in [3.63, 3.8) is 0 Å². The van der Waals surface area contributed by atoms with Crippen molar-refractivity contribution in [3.8, 4) is 0 Å². The Hall–Kier alpha value is 0.0506. The summed E-state index contributed by atoms with van der Waals surface area (Å²) in [6.07, 6.45) is 3.89. The van der Waals surface area contributed by atoms with E-state index in [1.807, 2.05) is 12.2 Å². The molecule has 5 heteroatoms. The van der Waals surface area contributed by atoms with Crippen molar-refractivity contribution in [2.75, 3.05) is 0 Å². The maximum atomic E-state index is 6.39. The zero-order valence-corrected chi connectivity index (χ0v) is 15.5. The molecule has 0 unspecified atom stereocenters. The minimum atomic E-state index is -2.04. The molecule has 0 saturated heterocycles. The van der Waals surface area contributed by atoms with Gasteiger partial charge in [0.05, 0.1) is 0 Å². The van der Waals surface area contributed by atoms with Crippen molar-refractivity contribution in [3.05, 3.63) is 25.3 Å². The first-order chi connectivity index (χ1) is 7.43. The number of hydrogen-bond donors (Lipinski definition) is 0. The molecule has 0 aliphatic carbocycles. The average Bonchev–Trinajstić information content (AvgIpc) is 1.97. The van der Waals surface area contributed by atoms with Crippen LogP contribution in [-0.2, 0) is 8.23 Å². The summed E-state index contributed by atoms with van der Waals surface area (Å²) in [7, 11) is -5.43. The topological polar surface area (TPSA) is 18.5 Å². The van der Waals surface area contributed by atoms with E-state index in [2.05, 4.69) is 59.0 Å². The van der Waals surface area contributed by atoms with Gasteiger partial charge < -0.3 is 8.23 Å². The van der Waals surface area contributed by atoms with Gasteiger partial charge >= 0.3 is 8.56 Å². The van der Waals surface area contributed by atoms with Crippen molar-refractivity contribution in [2.45, 2.75) is 51.4 Å². The molecule has 2 nitrogen and oxygen atoms in total. The van der Waals surface area contributed by atoms with Crippen LogP contribution in [0.3, 0.4) is 0 Å². The fraction of sp³-hybridized carbons (Fsp3) is 0.667. The first-order valence-electron chi connectivity index (χ1n) is 6.09. The van der Waals surface area contributed by atoms with Gasteiger partial charge in [0.2, 0.25) is 0 Å². The summed E-state index contributed by atoms with van der Waals surface area (Å²) < 4.78 is 12.6. The molecule has 0 radical (unpaired) electrons. The van der Waals surface area contributed by atoms with Crippen molar-refractivity contribution < 1.29 is 8.23 Å². The minimum absolute atomic E-state index is 0.277. The van der Waals surface area contributed by atoms with E-state index in [9.17, 15) is 0 Å². The molecule has 0 heterocycles. The Morgan fingerprint density at radius 3 is 1.53 bits per heavy atom. The van der Waals surface area contributed by atoms with Crippen molar-refractivity contribution in [1.29, 1.82) is 0 Å². The molecular weight excluding hydrogens is 260 g/mol. The Balaban J connectivity index is 4.80. The Kier molecular flexibility index (Phi) is 5.81. The first-order valence-corrected chi connectivity index (χ1v) is 15.3. The molecule has 0 spiro atoms. The fourth-order valence-corrected chi connectivity index (χ4v) is 15.3. The van der Waals surface area contributed by atoms with Crippen LogP contribution >= 0.6 is 0 Å². The summed E-state index contributed by atoms with van der Waals surface area (Å²) in [6.45, 7) is 23.1. The van der Waals surface area contributed by atoms with Gasteiger partial charge in [-0.2, -0.15) is 0 Å². The van der Waals surface area contributed by atoms with Crippen molar-refractivity contribution in [2.24, 2.45) is 0 Å². The second-order valence-electron chi connectivity index (χ2n) is 6.32. The van der Waals surface area contributed by atoms with Gasteiger partial charge in [0.25, 0.3) is 0 Å². The van der Waals surface area contributed by atoms with Gasteiger partial charge in [-0.15, -0.1) is 13.2 Å². The van der Waals surface area contributed by atoms with Crippen LogP contribution < -0.4 is 0 Å². The smallest absolute Gasteiger partial charge is 0.311 e. The summed E-state index contributed by atoms with van der Waals surface area (Å²) in [5, 5.41) is 0. The lowest BCUT2D eigenvalue weighted by Gasteiger charge is -2.39. The Morgan fingerprint density at radius 2 is 1.24 bits per heavy atom. The summed E-state index contributed by atoms with van der Waals surface area (Å²) in [4.78, 5) is 0. The normalized spacial score (nSPS) is 13.9. The predicted octanol–water partition coefficient (Wildman–Crippen LogP) is 4.50. The second-order valence-corrected chi connectivity index (χ2v) is 18.8. The quantitative estimate of drug-likeness (QED) is 0.507. The zero-order chi connectivity index (χ0) is 13.9. The first kappa shape index (κ1) is 17.1. The third-order valence-corrected chi connectivity index (χ3v) is 12.9. The molecule has 0 bridgehead atoms. The highest BCUT2D eigenvalue weighted by atomic mass is 28.5. The number of hydrogen-bond acceptors (Lipinski definition) is 2. The molecule has 0 aliphatic rings. The van der Waals surface area contributed by atoms with Crippen LogP contribution in [0.15, 0.2) is 25.3 Å². The number of allylic oxidation sites excluding steroid dienone is 2. The molecule has 0 fully saturated rings. The molecular formula is C12H28O2Si3.